The predicted octanol–water partition coefficient (Wildman–Crippen LogP) is 5.93. The molecule has 1 amide bonds. The van der Waals surface area contributed by atoms with Crippen molar-refractivity contribution in [2.45, 2.75) is 15.4 Å². The van der Waals surface area contributed by atoms with E-state index in [1.165, 1.54) is 10.8 Å². The zero-order valence-electron chi connectivity index (χ0n) is 14.4. The van der Waals surface area contributed by atoms with Gasteiger partial charge in [-0.1, -0.05) is 63.8 Å². The molecule has 1 heterocycles. The average molecular weight is 481 g/mol. The van der Waals surface area contributed by atoms with Gasteiger partial charge < -0.3 is 9.47 Å². The second-order valence-corrected chi connectivity index (χ2v) is 9.86. The van der Waals surface area contributed by atoms with E-state index in [2.05, 4.69) is 10.3 Å². The Hall–Kier alpha value is -1.32. The third kappa shape index (κ3) is 8.79. The lowest BCUT2D eigenvalue weighted by atomic mass is 10.2. The molecule has 2 rings (SSSR count). The number of carbonyl (C=O) groups excluding carboxylic acids is 1. The lowest BCUT2D eigenvalue weighted by Gasteiger charge is -2.13. The summed E-state index contributed by atoms with van der Waals surface area (Å²) in [6, 6.07) is 12.5. The number of nitrogens with one attached hydrogen (secondary N) is 2. The first-order valence-corrected chi connectivity index (χ1v) is 11.3. The maximum atomic E-state index is 11.8. The summed E-state index contributed by atoms with van der Waals surface area (Å²) in [6.45, 7) is 0.351. The number of rotatable bonds is 8. The maximum absolute atomic E-state index is 11.8. The molecule has 1 aromatic carbocycles. The highest BCUT2D eigenvalue weighted by molar-refractivity contribution is 8.76. The standard InChI is InChI=1S/C17H16Cl3N3O3S2/c18-17(19,20)15(21)26-11-12-4-6-13(7-5-12)23-16(24)25-9-10-27-28-14-3-1-2-8-22-14/h1-8,21H,9-11H2,(H,23,24). The quantitative estimate of drug-likeness (QED) is 0.160. The number of ether oxygens (including phenoxy) is 2. The summed E-state index contributed by atoms with van der Waals surface area (Å²) in [5.41, 5.74) is 1.32. The number of amides is 1. The number of pyridine rings is 1. The summed E-state index contributed by atoms with van der Waals surface area (Å²) in [4.78, 5) is 16.0. The van der Waals surface area contributed by atoms with E-state index in [9.17, 15) is 4.79 Å². The van der Waals surface area contributed by atoms with E-state index in [-0.39, 0.29) is 13.2 Å². The fraction of sp³-hybridized carbons (Fsp3) is 0.235. The zero-order valence-corrected chi connectivity index (χ0v) is 18.3. The molecule has 0 bridgehead atoms. The van der Waals surface area contributed by atoms with Crippen molar-refractivity contribution in [2.75, 3.05) is 17.7 Å². The molecule has 0 saturated heterocycles. The molecule has 1 aromatic heterocycles. The van der Waals surface area contributed by atoms with Gasteiger partial charge in [0.05, 0.1) is 0 Å². The summed E-state index contributed by atoms with van der Waals surface area (Å²) in [5, 5.41) is 11.0. The summed E-state index contributed by atoms with van der Waals surface area (Å²) in [5.74, 6) is 0.183. The van der Waals surface area contributed by atoms with Crippen LogP contribution in [0.3, 0.4) is 0 Å². The van der Waals surface area contributed by atoms with Gasteiger partial charge in [-0.15, -0.1) is 0 Å². The fourth-order valence-corrected chi connectivity index (χ4v) is 3.61. The maximum Gasteiger partial charge on any atom is 0.411 e. The molecule has 2 N–H and O–H groups in total. The van der Waals surface area contributed by atoms with Crippen LogP contribution in [-0.2, 0) is 16.1 Å². The van der Waals surface area contributed by atoms with Crippen molar-refractivity contribution in [3.05, 3.63) is 54.2 Å². The number of hydrogen-bond donors (Lipinski definition) is 2. The van der Waals surface area contributed by atoms with E-state index in [1.807, 2.05) is 18.2 Å². The van der Waals surface area contributed by atoms with Crippen molar-refractivity contribution in [1.29, 1.82) is 5.41 Å². The van der Waals surface area contributed by atoms with E-state index >= 15 is 0 Å². The third-order valence-corrected chi connectivity index (χ3v) is 5.77. The van der Waals surface area contributed by atoms with Crippen molar-refractivity contribution >= 4 is 74.1 Å². The van der Waals surface area contributed by atoms with Crippen molar-refractivity contribution in [3.63, 3.8) is 0 Å². The Bertz CT molecular complexity index is 775. The summed E-state index contributed by atoms with van der Waals surface area (Å²) in [6.07, 6.45) is 1.19. The van der Waals surface area contributed by atoms with Crippen molar-refractivity contribution in [2.24, 2.45) is 0 Å². The van der Waals surface area contributed by atoms with Gasteiger partial charge in [-0.05, 0) is 40.6 Å². The van der Waals surface area contributed by atoms with E-state index in [4.69, 9.17) is 49.7 Å². The number of benzene rings is 1. The highest BCUT2D eigenvalue weighted by Gasteiger charge is 2.28. The number of nitrogens with zero attached hydrogens (tertiary/aromatic N) is 1. The highest BCUT2D eigenvalue weighted by atomic mass is 35.6. The van der Waals surface area contributed by atoms with E-state index in [1.54, 1.807) is 41.3 Å². The zero-order chi connectivity index (χ0) is 20.4. The number of halogens is 3. The van der Waals surface area contributed by atoms with E-state index in [0.717, 1.165) is 10.6 Å². The first-order valence-electron chi connectivity index (χ1n) is 7.86. The Morgan fingerprint density at radius 3 is 2.54 bits per heavy atom. The van der Waals surface area contributed by atoms with Crippen LogP contribution in [-0.4, -0.2) is 33.1 Å². The van der Waals surface area contributed by atoms with Crippen LogP contribution >= 0.6 is 56.4 Å². The molecule has 0 unspecified atom stereocenters. The predicted molar refractivity (Wildman–Crippen MR) is 117 cm³/mol. The molecular weight excluding hydrogens is 465 g/mol. The van der Waals surface area contributed by atoms with Gasteiger partial charge in [-0.3, -0.25) is 10.7 Å². The van der Waals surface area contributed by atoms with Crippen molar-refractivity contribution < 1.29 is 14.3 Å². The van der Waals surface area contributed by atoms with Crippen LogP contribution in [0.25, 0.3) is 0 Å². The molecule has 0 radical (unpaired) electrons. The number of alkyl halides is 3. The summed E-state index contributed by atoms with van der Waals surface area (Å²) < 4.78 is 8.33. The Kier molecular flexibility index (Phi) is 9.53. The number of hydrogen-bond acceptors (Lipinski definition) is 7. The number of anilines is 1. The minimum Gasteiger partial charge on any atom is -0.473 e. The molecule has 150 valence electrons. The van der Waals surface area contributed by atoms with Crippen LogP contribution in [0.4, 0.5) is 10.5 Å². The molecule has 0 spiro atoms. The molecule has 2 aromatic rings. The fourth-order valence-electron chi connectivity index (χ4n) is 1.74. The molecule has 0 aliphatic rings. The monoisotopic (exact) mass is 479 g/mol. The van der Waals surface area contributed by atoms with Crippen LogP contribution < -0.4 is 5.32 Å². The van der Waals surface area contributed by atoms with Gasteiger partial charge in [0, 0.05) is 17.6 Å². The minimum atomic E-state index is -1.89. The second-order valence-electron chi connectivity index (χ2n) is 5.15. The smallest absolute Gasteiger partial charge is 0.411 e. The first kappa shape index (κ1) is 23.0. The van der Waals surface area contributed by atoms with Crippen molar-refractivity contribution in [1.82, 2.24) is 4.98 Å². The Morgan fingerprint density at radius 1 is 1.14 bits per heavy atom. The Morgan fingerprint density at radius 2 is 1.89 bits per heavy atom. The largest absolute Gasteiger partial charge is 0.473 e. The Balaban J connectivity index is 1.64. The topological polar surface area (TPSA) is 84.3 Å². The van der Waals surface area contributed by atoms with Crippen molar-refractivity contribution in [3.8, 4) is 0 Å². The molecule has 6 nitrogen and oxygen atoms in total. The molecule has 0 atom stereocenters. The molecule has 0 fully saturated rings. The van der Waals surface area contributed by atoms with Gasteiger partial charge in [-0.25, -0.2) is 9.78 Å². The van der Waals surface area contributed by atoms with Gasteiger partial charge in [0.1, 0.15) is 18.2 Å². The van der Waals surface area contributed by atoms with Crippen LogP contribution in [0.15, 0.2) is 53.7 Å². The molecule has 0 aliphatic heterocycles. The van der Waals surface area contributed by atoms with Crippen LogP contribution in [0.1, 0.15) is 5.56 Å². The first-order chi connectivity index (χ1) is 13.3. The number of carbonyl (C=O) groups is 1. The van der Waals surface area contributed by atoms with Crippen LogP contribution in [0.2, 0.25) is 0 Å². The van der Waals surface area contributed by atoms with Gasteiger partial charge in [0.25, 0.3) is 3.79 Å². The molecule has 11 heteroatoms. The van der Waals surface area contributed by atoms with Gasteiger partial charge in [-0.2, -0.15) is 0 Å². The van der Waals surface area contributed by atoms with Crippen LogP contribution in [0.5, 0.6) is 0 Å². The molecule has 0 saturated carbocycles. The summed E-state index contributed by atoms with van der Waals surface area (Å²) >= 11 is 16.6. The molecule has 0 aliphatic carbocycles. The van der Waals surface area contributed by atoms with Gasteiger partial charge >= 0.3 is 6.09 Å². The molecule has 28 heavy (non-hydrogen) atoms. The average Bonchev–Trinajstić information content (AvgIpc) is 2.67. The lowest BCUT2D eigenvalue weighted by molar-refractivity contribution is 0.169. The normalized spacial score (nSPS) is 11.0. The lowest BCUT2D eigenvalue weighted by Crippen LogP contribution is -2.20. The van der Waals surface area contributed by atoms with E-state index < -0.39 is 15.8 Å². The van der Waals surface area contributed by atoms with Gasteiger partial charge in [0.2, 0.25) is 5.90 Å². The Labute approximate surface area is 185 Å². The number of aromatic nitrogens is 1. The van der Waals surface area contributed by atoms with Gasteiger partial charge in [0.15, 0.2) is 0 Å². The second kappa shape index (κ2) is 11.6. The minimum absolute atomic E-state index is 0.0721. The highest BCUT2D eigenvalue weighted by Crippen LogP contribution is 2.29. The summed E-state index contributed by atoms with van der Waals surface area (Å²) in [7, 11) is 3.08. The molecular formula is C17H16Cl3N3O3S2. The van der Waals surface area contributed by atoms with Crippen LogP contribution in [0, 0.1) is 5.41 Å². The third-order valence-electron chi connectivity index (χ3n) is 3.02. The SMILES string of the molecule is N=C(OCc1ccc(NC(=O)OCCSSc2ccccn2)cc1)C(Cl)(Cl)Cl. The van der Waals surface area contributed by atoms with E-state index in [0.29, 0.717) is 11.4 Å².